The van der Waals surface area contributed by atoms with Crippen molar-refractivity contribution in [1.29, 1.82) is 0 Å². The number of rotatable bonds is 7. The molecule has 6 rings (SSSR count). The van der Waals surface area contributed by atoms with E-state index in [2.05, 4.69) is 9.55 Å². The highest BCUT2D eigenvalue weighted by molar-refractivity contribution is 6.07. The summed E-state index contributed by atoms with van der Waals surface area (Å²) in [5.41, 5.74) is 7.05. The lowest BCUT2D eigenvalue weighted by Gasteiger charge is -2.23. The molecular formula is C34H29N3O3. The summed E-state index contributed by atoms with van der Waals surface area (Å²) < 4.78 is 7.57. The molecule has 0 saturated heterocycles. The molecule has 0 saturated carbocycles. The highest BCUT2D eigenvalue weighted by atomic mass is 16.5. The van der Waals surface area contributed by atoms with Crippen LogP contribution in [0.25, 0.3) is 11.1 Å². The molecule has 0 radical (unpaired) electrons. The standard InChI is InChI=1S/C34H29N3O3/c1-40-33-11-5-3-9-29(33)25-13-15-26(16-14-25)34(39)37-23-28-17-18-31(32(38)19-12-24-7-6-20-35-21-24)36(28)22-27-8-2-4-10-30(27)37/h2-11,13-18,20-21H,12,19,22-23H2,1H3. The second kappa shape index (κ2) is 11.0. The Labute approximate surface area is 233 Å². The van der Waals surface area contributed by atoms with Crippen molar-refractivity contribution < 1.29 is 14.3 Å². The molecule has 0 aliphatic carbocycles. The van der Waals surface area contributed by atoms with Crippen LogP contribution < -0.4 is 9.64 Å². The van der Waals surface area contributed by atoms with E-state index in [0.717, 1.165) is 39.4 Å². The van der Waals surface area contributed by atoms with Gasteiger partial charge in [-0.25, -0.2) is 0 Å². The summed E-state index contributed by atoms with van der Waals surface area (Å²) in [7, 11) is 1.66. The highest BCUT2D eigenvalue weighted by Crippen LogP contribution is 2.32. The van der Waals surface area contributed by atoms with E-state index >= 15 is 0 Å². The number of aryl methyl sites for hydroxylation is 1. The molecule has 0 bridgehead atoms. The molecule has 1 aliphatic rings. The summed E-state index contributed by atoms with van der Waals surface area (Å²) in [5, 5.41) is 0. The van der Waals surface area contributed by atoms with Crippen LogP contribution in [0.3, 0.4) is 0 Å². The number of Topliss-reactive ketones (excluding diaryl/α,β-unsaturated/α-hetero) is 1. The molecule has 6 nitrogen and oxygen atoms in total. The van der Waals surface area contributed by atoms with E-state index in [9.17, 15) is 9.59 Å². The minimum absolute atomic E-state index is 0.0827. The van der Waals surface area contributed by atoms with Crippen LogP contribution in [0.4, 0.5) is 5.69 Å². The fourth-order valence-electron chi connectivity index (χ4n) is 5.35. The van der Waals surface area contributed by atoms with Gasteiger partial charge in [0.1, 0.15) is 5.75 Å². The van der Waals surface area contributed by atoms with Crippen LogP contribution in [-0.2, 0) is 19.5 Å². The van der Waals surface area contributed by atoms with Crippen molar-refractivity contribution in [2.75, 3.05) is 12.0 Å². The maximum Gasteiger partial charge on any atom is 0.258 e. The Morgan fingerprint density at radius 1 is 0.850 bits per heavy atom. The Morgan fingerprint density at radius 3 is 2.45 bits per heavy atom. The van der Waals surface area contributed by atoms with Crippen molar-refractivity contribution in [2.45, 2.75) is 25.9 Å². The maximum absolute atomic E-state index is 13.9. The Kier molecular flexibility index (Phi) is 6.98. The van der Waals surface area contributed by atoms with E-state index in [1.807, 2.05) is 102 Å². The third-order valence-electron chi connectivity index (χ3n) is 7.45. The third-order valence-corrected chi connectivity index (χ3v) is 7.45. The first kappa shape index (κ1) is 25.3. The van der Waals surface area contributed by atoms with Gasteiger partial charge in [0.25, 0.3) is 5.91 Å². The van der Waals surface area contributed by atoms with Gasteiger partial charge >= 0.3 is 0 Å². The first-order valence-electron chi connectivity index (χ1n) is 13.4. The largest absolute Gasteiger partial charge is 0.496 e. The predicted octanol–water partition coefficient (Wildman–Crippen LogP) is 6.58. The number of fused-ring (bicyclic) bond motifs is 2. The second-order valence-corrected chi connectivity index (χ2v) is 9.88. The second-order valence-electron chi connectivity index (χ2n) is 9.88. The summed E-state index contributed by atoms with van der Waals surface area (Å²) in [5.74, 6) is 0.784. The van der Waals surface area contributed by atoms with Crippen LogP contribution in [0, 0.1) is 0 Å². The zero-order chi connectivity index (χ0) is 27.5. The number of aromatic nitrogens is 2. The number of benzene rings is 3. The Hall–Kier alpha value is -4.97. The minimum atomic E-state index is -0.0851. The van der Waals surface area contributed by atoms with Gasteiger partial charge < -0.3 is 14.2 Å². The van der Waals surface area contributed by atoms with E-state index < -0.39 is 0 Å². The number of hydrogen-bond acceptors (Lipinski definition) is 4. The van der Waals surface area contributed by atoms with Gasteiger partial charge in [0.05, 0.1) is 25.9 Å². The topological polar surface area (TPSA) is 64.4 Å². The summed E-state index contributed by atoms with van der Waals surface area (Å²) in [6.07, 6.45) is 4.57. The summed E-state index contributed by atoms with van der Waals surface area (Å²) in [4.78, 5) is 33.2. The van der Waals surface area contributed by atoms with Crippen molar-refractivity contribution in [3.8, 4) is 16.9 Å². The third kappa shape index (κ3) is 4.92. The van der Waals surface area contributed by atoms with Gasteiger partial charge in [0, 0.05) is 41.3 Å². The normalized spacial score (nSPS) is 12.3. The lowest BCUT2D eigenvalue weighted by atomic mass is 10.0. The van der Waals surface area contributed by atoms with Gasteiger partial charge in [-0.05, 0) is 65.6 Å². The van der Waals surface area contributed by atoms with Gasteiger partial charge in [-0.1, -0.05) is 54.6 Å². The number of para-hydroxylation sites is 2. The lowest BCUT2D eigenvalue weighted by molar-refractivity contribution is 0.0971. The molecule has 3 aromatic carbocycles. The van der Waals surface area contributed by atoms with E-state index in [-0.39, 0.29) is 11.7 Å². The molecule has 1 amide bonds. The Balaban J connectivity index is 1.28. The monoisotopic (exact) mass is 527 g/mol. The molecule has 1 aliphatic heterocycles. The molecule has 3 heterocycles. The van der Waals surface area contributed by atoms with Gasteiger partial charge in [-0.2, -0.15) is 0 Å². The van der Waals surface area contributed by atoms with Crippen molar-refractivity contribution in [3.05, 3.63) is 138 Å². The number of ether oxygens (including phenoxy) is 1. The van der Waals surface area contributed by atoms with Crippen LogP contribution in [-0.4, -0.2) is 28.4 Å². The zero-order valence-electron chi connectivity index (χ0n) is 22.3. The van der Waals surface area contributed by atoms with Gasteiger partial charge in [0.2, 0.25) is 0 Å². The summed E-state index contributed by atoms with van der Waals surface area (Å²) in [6, 6.07) is 31.1. The van der Waals surface area contributed by atoms with Crippen LogP contribution in [0.2, 0.25) is 0 Å². The number of carbonyl (C=O) groups excluding carboxylic acids is 2. The smallest absolute Gasteiger partial charge is 0.258 e. The molecular weight excluding hydrogens is 498 g/mol. The predicted molar refractivity (Wildman–Crippen MR) is 156 cm³/mol. The first-order chi connectivity index (χ1) is 19.6. The van der Waals surface area contributed by atoms with Crippen molar-refractivity contribution in [3.63, 3.8) is 0 Å². The molecule has 5 aromatic rings. The highest BCUT2D eigenvalue weighted by Gasteiger charge is 2.27. The number of ketones is 1. The quantitative estimate of drug-likeness (QED) is 0.224. The van der Waals surface area contributed by atoms with Crippen LogP contribution in [0.15, 0.2) is 109 Å². The Morgan fingerprint density at radius 2 is 1.65 bits per heavy atom. The fraction of sp³-hybridized carbons (Fsp3) is 0.147. The van der Waals surface area contributed by atoms with Crippen molar-refractivity contribution in [2.24, 2.45) is 0 Å². The van der Waals surface area contributed by atoms with E-state index in [0.29, 0.717) is 37.2 Å². The number of hydrogen-bond donors (Lipinski definition) is 0. The number of nitrogens with zero attached hydrogens (tertiary/aromatic N) is 3. The van der Waals surface area contributed by atoms with Crippen LogP contribution >= 0.6 is 0 Å². The minimum Gasteiger partial charge on any atom is -0.496 e. The number of anilines is 1. The lowest BCUT2D eigenvalue weighted by Crippen LogP contribution is -2.30. The summed E-state index contributed by atoms with van der Waals surface area (Å²) in [6.45, 7) is 0.906. The van der Waals surface area contributed by atoms with Gasteiger partial charge in [0.15, 0.2) is 5.78 Å². The molecule has 2 aromatic heterocycles. The number of amides is 1. The van der Waals surface area contributed by atoms with Crippen molar-refractivity contribution in [1.82, 2.24) is 9.55 Å². The van der Waals surface area contributed by atoms with Gasteiger partial charge in [-0.15, -0.1) is 0 Å². The Bertz CT molecular complexity index is 1670. The molecule has 0 unspecified atom stereocenters. The molecule has 40 heavy (non-hydrogen) atoms. The van der Waals surface area contributed by atoms with E-state index in [4.69, 9.17) is 4.74 Å². The number of pyridine rings is 1. The van der Waals surface area contributed by atoms with Crippen LogP contribution in [0.1, 0.15) is 44.1 Å². The molecule has 198 valence electrons. The average molecular weight is 528 g/mol. The molecule has 0 N–H and O–H groups in total. The van der Waals surface area contributed by atoms with Crippen LogP contribution in [0.5, 0.6) is 5.75 Å². The molecule has 0 fully saturated rings. The molecule has 6 heteroatoms. The van der Waals surface area contributed by atoms with Gasteiger partial charge in [-0.3, -0.25) is 14.6 Å². The van der Waals surface area contributed by atoms with E-state index in [1.54, 1.807) is 19.5 Å². The average Bonchev–Trinajstić information content (AvgIpc) is 3.33. The van der Waals surface area contributed by atoms with Crippen molar-refractivity contribution >= 4 is 17.4 Å². The first-order valence-corrected chi connectivity index (χ1v) is 13.4. The molecule has 0 spiro atoms. The molecule has 0 atom stereocenters. The fourth-order valence-corrected chi connectivity index (χ4v) is 5.35. The number of carbonyl (C=O) groups is 2. The SMILES string of the molecule is COc1ccccc1-c1ccc(C(=O)N2Cc3ccc(C(=O)CCc4cccnc4)n3Cc3ccccc32)cc1. The maximum atomic E-state index is 13.9. The number of methoxy groups -OCH3 is 1. The summed E-state index contributed by atoms with van der Waals surface area (Å²) >= 11 is 0. The zero-order valence-corrected chi connectivity index (χ0v) is 22.3. The van der Waals surface area contributed by atoms with E-state index in [1.165, 1.54) is 0 Å².